The second-order valence-corrected chi connectivity index (χ2v) is 9.47. The predicted molar refractivity (Wildman–Crippen MR) is 99.0 cm³/mol. The quantitative estimate of drug-likeness (QED) is 0.305. The summed E-state index contributed by atoms with van der Waals surface area (Å²) in [5, 5.41) is 3.20. The minimum absolute atomic E-state index is 0. The van der Waals surface area contributed by atoms with E-state index in [1.165, 1.54) is 44.9 Å². The second-order valence-electron chi connectivity index (χ2n) is 7.45. The van der Waals surface area contributed by atoms with Crippen molar-refractivity contribution in [2.45, 2.75) is 58.8 Å². The zero-order valence-corrected chi connectivity index (χ0v) is 21.1. The standard InChI is InChI=1S/C21H29Si.3ClH.Ti/c1-16(2)21-15-20(22-19-11-7-4-8-12-19)14-18(21)13-17-9-5-3-6-10-17;;;;/h4,7-8,11-12,16-17H,3,5-6,9-10,13-14,22H2,1-2H3;3*1H;/q-1;;;;+4/p-3. The third-order valence-electron chi connectivity index (χ3n) is 5.22. The fourth-order valence-electron chi connectivity index (χ4n) is 4.10. The molecule has 0 unspecified atom stereocenters. The van der Waals surface area contributed by atoms with Gasteiger partial charge in [0.05, 0.1) is 9.52 Å². The molecule has 142 valence electrons. The van der Waals surface area contributed by atoms with E-state index in [9.17, 15) is 0 Å². The average Bonchev–Trinajstić information content (AvgIpc) is 2.92. The summed E-state index contributed by atoms with van der Waals surface area (Å²) in [5.41, 5.74) is 3.30. The van der Waals surface area contributed by atoms with Crippen molar-refractivity contribution in [2.75, 3.05) is 0 Å². The Morgan fingerprint density at radius 1 is 1.00 bits per heavy atom. The van der Waals surface area contributed by atoms with Gasteiger partial charge in [-0.25, -0.2) is 11.1 Å². The van der Waals surface area contributed by atoms with Gasteiger partial charge in [0, 0.05) is 0 Å². The summed E-state index contributed by atoms with van der Waals surface area (Å²) in [7, 11) is -0.304. The Kier molecular flexibility index (Phi) is 16.0. The molecular weight excluding hydrogens is 435 g/mol. The smallest absolute Gasteiger partial charge is 1.00 e. The summed E-state index contributed by atoms with van der Waals surface area (Å²) in [4.78, 5) is 0. The van der Waals surface area contributed by atoms with Crippen molar-refractivity contribution in [1.82, 2.24) is 0 Å². The van der Waals surface area contributed by atoms with Gasteiger partial charge in [-0.05, 0) is 0 Å². The minimum Gasteiger partial charge on any atom is -1.00 e. The number of rotatable bonds is 5. The average molecular weight is 464 g/mol. The first-order valence-electron chi connectivity index (χ1n) is 9.10. The van der Waals surface area contributed by atoms with Crippen LogP contribution in [0, 0.1) is 17.9 Å². The normalized spacial score (nSPS) is 17.3. The molecule has 1 aromatic carbocycles. The zero-order valence-electron chi connectivity index (χ0n) is 15.8. The van der Waals surface area contributed by atoms with Gasteiger partial charge in [-0.2, -0.15) is 5.20 Å². The van der Waals surface area contributed by atoms with E-state index in [1.807, 2.05) is 0 Å². The van der Waals surface area contributed by atoms with Crippen molar-refractivity contribution in [3.05, 3.63) is 52.8 Å². The molecule has 5 heteroatoms. The molecule has 3 rings (SSSR count). The number of allylic oxidation sites excluding steroid dienone is 4. The topological polar surface area (TPSA) is 0 Å². The second kappa shape index (κ2) is 14.5. The molecule has 0 heterocycles. The Bertz CT molecular complexity index is 564. The maximum Gasteiger partial charge on any atom is 4.00 e. The molecule has 0 atom stereocenters. The van der Waals surface area contributed by atoms with Gasteiger partial charge in [0.1, 0.15) is 0 Å². The van der Waals surface area contributed by atoms with Gasteiger partial charge in [0.25, 0.3) is 0 Å². The molecule has 26 heavy (non-hydrogen) atoms. The van der Waals surface area contributed by atoms with Crippen LogP contribution in [0.25, 0.3) is 0 Å². The Morgan fingerprint density at radius 3 is 2.19 bits per heavy atom. The fourth-order valence-corrected chi connectivity index (χ4v) is 5.81. The zero-order chi connectivity index (χ0) is 15.4. The minimum atomic E-state index is -0.304. The van der Waals surface area contributed by atoms with Crippen molar-refractivity contribution in [2.24, 2.45) is 11.8 Å². The van der Waals surface area contributed by atoms with Crippen LogP contribution in [0.15, 0.2) is 46.7 Å². The van der Waals surface area contributed by atoms with E-state index in [4.69, 9.17) is 0 Å². The van der Waals surface area contributed by atoms with Crippen LogP contribution in [0.2, 0.25) is 0 Å². The molecule has 0 N–H and O–H groups in total. The first-order valence-corrected chi connectivity index (χ1v) is 10.5. The van der Waals surface area contributed by atoms with Crippen LogP contribution in [-0.4, -0.2) is 9.52 Å². The molecule has 0 saturated heterocycles. The van der Waals surface area contributed by atoms with Crippen LogP contribution in [0.1, 0.15) is 58.8 Å². The Labute approximate surface area is 196 Å². The third kappa shape index (κ3) is 8.25. The summed E-state index contributed by atoms with van der Waals surface area (Å²) in [6.07, 6.45) is 13.7. The predicted octanol–water partition coefficient (Wildman–Crippen LogP) is -4.50. The van der Waals surface area contributed by atoms with Crippen molar-refractivity contribution < 1.29 is 58.9 Å². The van der Waals surface area contributed by atoms with Gasteiger partial charge in [-0.15, -0.1) is 0 Å². The van der Waals surface area contributed by atoms with Crippen molar-refractivity contribution in [3.63, 3.8) is 0 Å². The number of hydrogen-bond donors (Lipinski definition) is 0. The maximum atomic E-state index is 3.84. The molecule has 0 bridgehead atoms. The third-order valence-corrected chi connectivity index (χ3v) is 6.95. The molecule has 0 aliphatic heterocycles. The van der Waals surface area contributed by atoms with Crippen LogP contribution >= 0.6 is 0 Å². The van der Waals surface area contributed by atoms with E-state index in [1.54, 1.807) is 21.5 Å². The fraction of sp³-hybridized carbons (Fsp3) is 0.524. The maximum absolute atomic E-state index is 3.84. The molecule has 0 radical (unpaired) electrons. The van der Waals surface area contributed by atoms with E-state index in [0.717, 1.165) is 5.92 Å². The summed E-state index contributed by atoms with van der Waals surface area (Å²) < 4.78 is 0. The molecule has 0 nitrogen and oxygen atoms in total. The first kappa shape index (κ1) is 28.7. The summed E-state index contributed by atoms with van der Waals surface area (Å²) in [5.74, 6) is 1.60. The molecule has 0 aromatic heterocycles. The van der Waals surface area contributed by atoms with Crippen LogP contribution in [0.5, 0.6) is 0 Å². The molecule has 0 spiro atoms. The molecule has 2 aliphatic carbocycles. The van der Waals surface area contributed by atoms with Gasteiger partial charge in [-0.1, -0.05) is 106 Å². The summed E-state index contributed by atoms with van der Waals surface area (Å²) in [6, 6.07) is 11.1. The van der Waals surface area contributed by atoms with Crippen molar-refractivity contribution >= 4 is 14.7 Å². The van der Waals surface area contributed by atoms with Gasteiger partial charge < -0.3 is 37.2 Å². The molecular formula is C21H29Cl3SiTi. The SMILES string of the molecule is CC(C)C1=C(CC2CCCCC2)CC([SiH2]c2ccccc2)=[C-]1.[Cl-].[Cl-].[Cl-].[Ti+4]. The molecule has 0 amide bonds. The van der Waals surface area contributed by atoms with Gasteiger partial charge >= 0.3 is 21.7 Å². The van der Waals surface area contributed by atoms with Crippen molar-refractivity contribution in [1.29, 1.82) is 0 Å². The Morgan fingerprint density at radius 2 is 1.62 bits per heavy atom. The largest absolute Gasteiger partial charge is 4.00 e. The van der Waals surface area contributed by atoms with E-state index < -0.39 is 0 Å². The van der Waals surface area contributed by atoms with Gasteiger partial charge in [0.15, 0.2) is 0 Å². The van der Waals surface area contributed by atoms with Crippen LogP contribution in [0.4, 0.5) is 0 Å². The monoisotopic (exact) mass is 462 g/mol. The molecule has 1 aromatic rings. The summed E-state index contributed by atoms with van der Waals surface area (Å²) >= 11 is 0. The van der Waals surface area contributed by atoms with Gasteiger partial charge in [0.2, 0.25) is 0 Å². The molecule has 1 fully saturated rings. The number of benzene rings is 1. The van der Waals surface area contributed by atoms with E-state index in [0.29, 0.717) is 5.92 Å². The molecule has 1 saturated carbocycles. The van der Waals surface area contributed by atoms with Gasteiger partial charge in [-0.3, -0.25) is 6.08 Å². The van der Waals surface area contributed by atoms with Crippen LogP contribution in [-0.2, 0) is 21.7 Å². The van der Waals surface area contributed by atoms with E-state index in [2.05, 4.69) is 50.3 Å². The Balaban J connectivity index is 0. The molecule has 2 aliphatic rings. The first-order chi connectivity index (χ1) is 10.7. The van der Waals surface area contributed by atoms with E-state index >= 15 is 0 Å². The van der Waals surface area contributed by atoms with Crippen molar-refractivity contribution in [3.8, 4) is 0 Å². The van der Waals surface area contributed by atoms with E-state index in [-0.39, 0.29) is 68.5 Å². The van der Waals surface area contributed by atoms with Crippen LogP contribution < -0.4 is 42.4 Å². The number of halogens is 3. The Hall–Kier alpha value is 0.501. The summed E-state index contributed by atoms with van der Waals surface area (Å²) in [6.45, 7) is 4.69. The van der Waals surface area contributed by atoms with Crippen LogP contribution in [0.3, 0.4) is 0 Å². The number of hydrogen-bond acceptors (Lipinski definition) is 0.